The van der Waals surface area contributed by atoms with E-state index in [9.17, 15) is 4.79 Å². The smallest absolute Gasteiger partial charge is 0.326 e. The maximum Gasteiger partial charge on any atom is 0.326 e. The third-order valence-corrected chi connectivity index (χ3v) is 5.02. The second-order valence-corrected chi connectivity index (χ2v) is 6.38. The normalized spacial score (nSPS) is 25.8. The summed E-state index contributed by atoms with van der Waals surface area (Å²) >= 11 is 1.86. The molecule has 1 aromatic rings. The predicted octanol–water partition coefficient (Wildman–Crippen LogP) is 2.98. The summed E-state index contributed by atoms with van der Waals surface area (Å²) in [5.41, 5.74) is -0.481. The van der Waals surface area contributed by atoms with E-state index in [1.54, 1.807) is 6.26 Å². The summed E-state index contributed by atoms with van der Waals surface area (Å²) in [7, 11) is 0. The minimum absolute atomic E-state index is 0.0945. The lowest BCUT2D eigenvalue weighted by Gasteiger charge is -2.27. The van der Waals surface area contributed by atoms with Gasteiger partial charge in [0.1, 0.15) is 11.3 Å². The van der Waals surface area contributed by atoms with E-state index in [1.165, 1.54) is 0 Å². The number of rotatable bonds is 7. The number of furan rings is 1. The van der Waals surface area contributed by atoms with Gasteiger partial charge in [-0.05, 0) is 44.9 Å². The third-order valence-electron chi connectivity index (χ3n) is 3.69. The summed E-state index contributed by atoms with van der Waals surface area (Å²) in [5, 5.41) is 3.83. The van der Waals surface area contributed by atoms with Crippen molar-refractivity contribution in [3.63, 3.8) is 0 Å². The Labute approximate surface area is 124 Å². The first-order valence-electron chi connectivity index (χ1n) is 7.26. The summed E-state index contributed by atoms with van der Waals surface area (Å²) in [6.07, 6.45) is 4.43. The Morgan fingerprint density at radius 3 is 3.10 bits per heavy atom. The quantitative estimate of drug-likeness (QED) is 0.784. The van der Waals surface area contributed by atoms with Crippen LogP contribution in [0.1, 0.15) is 38.9 Å². The first-order valence-corrected chi connectivity index (χ1v) is 8.31. The molecule has 20 heavy (non-hydrogen) atoms. The number of hydrogen-bond acceptors (Lipinski definition) is 5. The largest absolute Gasteiger partial charge is 0.468 e. The van der Waals surface area contributed by atoms with Crippen molar-refractivity contribution in [1.29, 1.82) is 0 Å². The van der Waals surface area contributed by atoms with Crippen molar-refractivity contribution in [1.82, 2.24) is 5.32 Å². The minimum atomic E-state index is -0.481. The van der Waals surface area contributed by atoms with Crippen LogP contribution in [0.2, 0.25) is 0 Å². The standard InChI is InChI=1S/C15H23NO3S/c1-3-16-15(14(17)18-4-2)8-7-13(10-15)20-11-12-6-5-9-19-12/h5-6,9,13,16H,3-4,7-8,10-11H2,1-2H3. The van der Waals surface area contributed by atoms with Gasteiger partial charge in [0, 0.05) is 5.25 Å². The summed E-state index contributed by atoms with van der Waals surface area (Å²) in [6, 6.07) is 3.90. The molecule has 1 saturated carbocycles. The summed E-state index contributed by atoms with van der Waals surface area (Å²) in [6.45, 7) is 5.12. The molecule has 1 fully saturated rings. The molecule has 4 nitrogen and oxygen atoms in total. The van der Waals surface area contributed by atoms with Crippen molar-refractivity contribution >= 4 is 17.7 Å². The Hall–Kier alpha value is -0.940. The van der Waals surface area contributed by atoms with Crippen molar-refractivity contribution in [3.05, 3.63) is 24.2 Å². The Balaban J connectivity index is 1.91. The number of esters is 1. The molecule has 1 aliphatic rings. The van der Waals surface area contributed by atoms with Crippen LogP contribution < -0.4 is 5.32 Å². The first-order chi connectivity index (χ1) is 9.70. The first kappa shape index (κ1) is 15.4. The molecule has 0 amide bonds. The Morgan fingerprint density at radius 2 is 2.45 bits per heavy atom. The molecular formula is C15H23NO3S. The molecule has 1 N–H and O–H groups in total. The summed E-state index contributed by atoms with van der Waals surface area (Å²) < 4.78 is 10.6. The van der Waals surface area contributed by atoms with Crippen LogP contribution in [-0.4, -0.2) is 29.9 Å². The van der Waals surface area contributed by atoms with Gasteiger partial charge < -0.3 is 14.5 Å². The zero-order valence-electron chi connectivity index (χ0n) is 12.2. The van der Waals surface area contributed by atoms with E-state index < -0.39 is 5.54 Å². The molecule has 1 heterocycles. The second-order valence-electron chi connectivity index (χ2n) is 5.09. The van der Waals surface area contributed by atoms with E-state index in [2.05, 4.69) is 5.32 Å². The lowest BCUT2D eigenvalue weighted by molar-refractivity contribution is -0.151. The number of hydrogen-bond donors (Lipinski definition) is 1. The summed E-state index contributed by atoms with van der Waals surface area (Å²) in [5.74, 6) is 1.76. The lowest BCUT2D eigenvalue weighted by atomic mass is 9.98. The van der Waals surface area contributed by atoms with Crippen LogP contribution in [0.15, 0.2) is 22.8 Å². The van der Waals surface area contributed by atoms with Crippen molar-refractivity contribution in [2.45, 2.75) is 49.7 Å². The van der Waals surface area contributed by atoms with Crippen molar-refractivity contribution in [3.8, 4) is 0 Å². The maximum atomic E-state index is 12.2. The van der Waals surface area contributed by atoms with Gasteiger partial charge >= 0.3 is 5.97 Å². The highest BCUT2D eigenvalue weighted by Gasteiger charge is 2.46. The van der Waals surface area contributed by atoms with Gasteiger partial charge in [-0.25, -0.2) is 0 Å². The number of carbonyl (C=O) groups is 1. The number of thioether (sulfide) groups is 1. The fourth-order valence-corrected chi connectivity index (χ4v) is 4.01. The van der Waals surface area contributed by atoms with Gasteiger partial charge in [-0.2, -0.15) is 11.8 Å². The SMILES string of the molecule is CCNC1(C(=O)OCC)CCC(SCc2ccco2)C1. The van der Waals surface area contributed by atoms with Crippen molar-refractivity contribution < 1.29 is 13.9 Å². The molecular weight excluding hydrogens is 274 g/mol. The Kier molecular flexibility index (Phi) is 5.54. The van der Waals surface area contributed by atoms with Crippen LogP contribution in [0.25, 0.3) is 0 Å². The molecule has 5 heteroatoms. The number of likely N-dealkylation sites (N-methyl/N-ethyl adjacent to an activating group) is 1. The van der Waals surface area contributed by atoms with E-state index >= 15 is 0 Å². The highest BCUT2D eigenvalue weighted by Crippen LogP contribution is 2.39. The molecule has 2 unspecified atom stereocenters. The molecule has 0 spiro atoms. The van der Waals surface area contributed by atoms with Crippen molar-refractivity contribution in [2.75, 3.05) is 13.2 Å². The molecule has 2 atom stereocenters. The molecule has 1 aromatic heterocycles. The van der Waals surface area contributed by atoms with Gasteiger partial charge in [0.05, 0.1) is 18.6 Å². The van der Waals surface area contributed by atoms with Crippen LogP contribution >= 0.6 is 11.8 Å². The second kappa shape index (κ2) is 7.18. The molecule has 0 radical (unpaired) electrons. The van der Waals surface area contributed by atoms with Crippen LogP contribution in [0, 0.1) is 0 Å². The van der Waals surface area contributed by atoms with E-state index in [-0.39, 0.29) is 5.97 Å². The van der Waals surface area contributed by atoms with Gasteiger partial charge in [-0.15, -0.1) is 0 Å². The topological polar surface area (TPSA) is 51.5 Å². The summed E-state index contributed by atoms with van der Waals surface area (Å²) in [4.78, 5) is 12.2. The van der Waals surface area contributed by atoms with E-state index in [4.69, 9.17) is 9.15 Å². The maximum absolute atomic E-state index is 12.2. The zero-order chi connectivity index (χ0) is 14.4. The monoisotopic (exact) mass is 297 g/mol. The molecule has 0 bridgehead atoms. The zero-order valence-corrected chi connectivity index (χ0v) is 13.0. The molecule has 1 aliphatic carbocycles. The van der Waals surface area contributed by atoms with Crippen LogP contribution in [0.3, 0.4) is 0 Å². The molecule has 112 valence electrons. The van der Waals surface area contributed by atoms with Gasteiger partial charge in [-0.3, -0.25) is 4.79 Å². The van der Waals surface area contributed by atoms with Crippen LogP contribution in [0.5, 0.6) is 0 Å². The molecule has 0 saturated heterocycles. The Bertz CT molecular complexity index is 421. The Morgan fingerprint density at radius 1 is 1.60 bits per heavy atom. The number of nitrogens with one attached hydrogen (secondary N) is 1. The lowest BCUT2D eigenvalue weighted by Crippen LogP contribution is -2.51. The predicted molar refractivity (Wildman–Crippen MR) is 80.7 cm³/mol. The average Bonchev–Trinajstić information content (AvgIpc) is 3.07. The highest BCUT2D eigenvalue weighted by molar-refractivity contribution is 7.99. The minimum Gasteiger partial charge on any atom is -0.468 e. The molecule has 0 aliphatic heterocycles. The fraction of sp³-hybridized carbons (Fsp3) is 0.667. The van der Waals surface area contributed by atoms with Crippen molar-refractivity contribution in [2.24, 2.45) is 0 Å². The molecule has 2 rings (SSSR count). The van der Waals surface area contributed by atoms with Gasteiger partial charge in [0.2, 0.25) is 0 Å². The van der Waals surface area contributed by atoms with Gasteiger partial charge in [0.25, 0.3) is 0 Å². The average molecular weight is 297 g/mol. The fourth-order valence-electron chi connectivity index (χ4n) is 2.76. The van der Waals surface area contributed by atoms with Crippen LogP contribution in [-0.2, 0) is 15.3 Å². The number of carbonyl (C=O) groups excluding carboxylic acids is 1. The van der Waals surface area contributed by atoms with Gasteiger partial charge in [-0.1, -0.05) is 6.92 Å². The van der Waals surface area contributed by atoms with E-state index in [0.717, 1.165) is 37.3 Å². The number of ether oxygens (including phenoxy) is 1. The highest BCUT2D eigenvalue weighted by atomic mass is 32.2. The van der Waals surface area contributed by atoms with E-state index in [0.29, 0.717) is 11.9 Å². The van der Waals surface area contributed by atoms with E-state index in [1.807, 2.05) is 37.7 Å². The molecule has 0 aromatic carbocycles. The third kappa shape index (κ3) is 3.58. The van der Waals surface area contributed by atoms with Crippen LogP contribution in [0.4, 0.5) is 0 Å². The van der Waals surface area contributed by atoms with Gasteiger partial charge in [0.15, 0.2) is 0 Å².